The van der Waals surface area contributed by atoms with E-state index in [2.05, 4.69) is 28.6 Å². The van der Waals surface area contributed by atoms with Gasteiger partial charge in [0.15, 0.2) is 0 Å². The van der Waals surface area contributed by atoms with Crippen molar-refractivity contribution in [3.8, 4) is 0 Å². The van der Waals surface area contributed by atoms with E-state index in [1.165, 1.54) is 6.42 Å². The van der Waals surface area contributed by atoms with E-state index >= 15 is 0 Å². The number of nitrogens with one attached hydrogen (secondary N) is 1. The highest BCUT2D eigenvalue weighted by atomic mass is 16.5. The molecule has 1 atom stereocenters. The second-order valence-corrected chi connectivity index (χ2v) is 5.18. The van der Waals surface area contributed by atoms with Crippen molar-refractivity contribution < 1.29 is 4.74 Å². The average molecular weight is 257 g/mol. The lowest BCUT2D eigenvalue weighted by molar-refractivity contribution is -0.0998. The van der Waals surface area contributed by atoms with Crippen LogP contribution >= 0.6 is 0 Å². The molecule has 1 aliphatic carbocycles. The van der Waals surface area contributed by atoms with Crippen molar-refractivity contribution in [1.82, 2.24) is 10.4 Å². The van der Waals surface area contributed by atoms with Gasteiger partial charge in [-0.1, -0.05) is 12.1 Å². The minimum absolute atomic E-state index is 0.0239. The number of hydrazine groups is 1. The smallest absolute Gasteiger partial charge is 0.0885 e. The van der Waals surface area contributed by atoms with Gasteiger partial charge < -0.3 is 4.74 Å². The molecule has 0 bridgehead atoms. The predicted octanol–water partition coefficient (Wildman–Crippen LogP) is 2.31. The van der Waals surface area contributed by atoms with E-state index in [1.807, 2.05) is 18.3 Å². The number of aromatic nitrogens is 1. The summed E-state index contributed by atoms with van der Waals surface area (Å²) in [4.78, 5) is 4.34. The monoisotopic (exact) mass is 257 g/mol. The van der Waals surface area contributed by atoms with Crippen LogP contribution in [0.15, 0.2) is 36.5 Å². The van der Waals surface area contributed by atoms with Crippen LogP contribution in [0.3, 0.4) is 0 Å². The molecule has 1 aromatic carbocycles. The third-order valence-corrected chi connectivity index (χ3v) is 4.26. The van der Waals surface area contributed by atoms with Gasteiger partial charge in [-0.25, -0.2) is 0 Å². The van der Waals surface area contributed by atoms with Gasteiger partial charge in [-0.2, -0.15) is 0 Å². The number of hydrogen-bond acceptors (Lipinski definition) is 4. The number of ether oxygens (including phenoxy) is 1. The van der Waals surface area contributed by atoms with Crippen molar-refractivity contribution in [3.63, 3.8) is 0 Å². The zero-order valence-corrected chi connectivity index (χ0v) is 11.1. The first kappa shape index (κ1) is 12.5. The molecule has 1 unspecified atom stereocenters. The first-order valence-electron chi connectivity index (χ1n) is 6.65. The van der Waals surface area contributed by atoms with Crippen LogP contribution in [-0.2, 0) is 4.74 Å². The Morgan fingerprint density at radius 1 is 1.37 bits per heavy atom. The molecular formula is C15H19N3O. The van der Waals surface area contributed by atoms with Crippen molar-refractivity contribution in [2.45, 2.75) is 30.9 Å². The van der Waals surface area contributed by atoms with Crippen molar-refractivity contribution in [3.05, 3.63) is 42.1 Å². The molecule has 1 heterocycles. The number of hydrogen-bond donors (Lipinski definition) is 2. The average Bonchev–Trinajstić information content (AvgIpc) is 2.42. The number of benzene rings is 1. The Kier molecular flexibility index (Phi) is 3.22. The summed E-state index contributed by atoms with van der Waals surface area (Å²) in [5, 5.41) is 1.13. The second-order valence-electron chi connectivity index (χ2n) is 5.18. The highest BCUT2D eigenvalue weighted by molar-refractivity contribution is 5.79. The second kappa shape index (κ2) is 4.89. The van der Waals surface area contributed by atoms with Crippen LogP contribution in [-0.4, -0.2) is 17.7 Å². The molecule has 1 aliphatic rings. The molecule has 2 aromatic rings. The van der Waals surface area contributed by atoms with Gasteiger partial charge in [-0.15, -0.1) is 0 Å². The quantitative estimate of drug-likeness (QED) is 0.652. The van der Waals surface area contributed by atoms with Crippen LogP contribution in [0.4, 0.5) is 0 Å². The van der Waals surface area contributed by atoms with E-state index in [-0.39, 0.29) is 11.6 Å². The molecule has 1 fully saturated rings. The number of nitrogens with zero attached hydrogens (tertiary/aromatic N) is 1. The third-order valence-electron chi connectivity index (χ3n) is 4.26. The highest BCUT2D eigenvalue weighted by Gasteiger charge is 2.44. The standard InChI is InChI=1S/C15H19N3O/c1-19-15(7-3-8-15)14(18-16)12-5-6-13-11(10-12)4-2-9-17-13/h2,4-6,9-10,14,18H,3,7-8,16H2,1H3. The molecule has 0 amide bonds. The summed E-state index contributed by atoms with van der Waals surface area (Å²) in [7, 11) is 1.77. The van der Waals surface area contributed by atoms with E-state index in [1.54, 1.807) is 7.11 Å². The number of methoxy groups -OCH3 is 1. The highest BCUT2D eigenvalue weighted by Crippen LogP contribution is 2.44. The Hall–Kier alpha value is -1.49. The van der Waals surface area contributed by atoms with Crippen molar-refractivity contribution in [2.24, 2.45) is 5.84 Å². The van der Waals surface area contributed by atoms with E-state index < -0.39 is 0 Å². The molecule has 1 aromatic heterocycles. The van der Waals surface area contributed by atoms with Gasteiger partial charge in [0.2, 0.25) is 0 Å². The maximum Gasteiger partial charge on any atom is 0.0885 e. The fourth-order valence-electron chi connectivity index (χ4n) is 2.96. The summed E-state index contributed by atoms with van der Waals surface area (Å²) in [6, 6.07) is 10.3. The van der Waals surface area contributed by atoms with Gasteiger partial charge in [0.25, 0.3) is 0 Å². The largest absolute Gasteiger partial charge is 0.376 e. The molecule has 3 N–H and O–H groups in total. The molecule has 0 radical (unpaired) electrons. The predicted molar refractivity (Wildman–Crippen MR) is 75.4 cm³/mol. The molecule has 100 valence electrons. The molecular weight excluding hydrogens is 238 g/mol. The maximum atomic E-state index is 5.77. The Bertz CT molecular complexity index is 575. The van der Waals surface area contributed by atoms with Gasteiger partial charge in [0.1, 0.15) is 0 Å². The van der Waals surface area contributed by atoms with Crippen molar-refractivity contribution >= 4 is 10.9 Å². The van der Waals surface area contributed by atoms with Gasteiger partial charge in [-0.05, 0) is 43.0 Å². The lowest BCUT2D eigenvalue weighted by atomic mass is 9.72. The van der Waals surface area contributed by atoms with Gasteiger partial charge in [-0.3, -0.25) is 16.3 Å². The number of nitrogens with two attached hydrogens (primary N) is 1. The lowest BCUT2D eigenvalue weighted by Crippen LogP contribution is -2.52. The normalized spacial score (nSPS) is 19.1. The van der Waals surface area contributed by atoms with E-state index in [0.29, 0.717) is 0 Å². The first-order chi connectivity index (χ1) is 9.29. The summed E-state index contributed by atoms with van der Waals surface area (Å²) in [5.74, 6) is 5.77. The molecule has 4 heteroatoms. The number of fused-ring (bicyclic) bond motifs is 1. The zero-order valence-electron chi connectivity index (χ0n) is 11.1. The van der Waals surface area contributed by atoms with Crippen LogP contribution in [0.25, 0.3) is 10.9 Å². The summed E-state index contributed by atoms with van der Waals surface area (Å²) >= 11 is 0. The van der Waals surface area contributed by atoms with Crippen LogP contribution in [0, 0.1) is 0 Å². The maximum absolute atomic E-state index is 5.77. The van der Waals surface area contributed by atoms with E-state index in [9.17, 15) is 0 Å². The zero-order chi connectivity index (χ0) is 13.3. The lowest BCUT2D eigenvalue weighted by Gasteiger charge is -2.46. The summed E-state index contributed by atoms with van der Waals surface area (Å²) in [6.45, 7) is 0. The van der Waals surface area contributed by atoms with Gasteiger partial charge in [0.05, 0.1) is 17.2 Å². The molecule has 0 aliphatic heterocycles. The van der Waals surface area contributed by atoms with Crippen molar-refractivity contribution in [1.29, 1.82) is 0 Å². The fourth-order valence-corrected chi connectivity index (χ4v) is 2.96. The Morgan fingerprint density at radius 3 is 2.84 bits per heavy atom. The molecule has 0 saturated heterocycles. The van der Waals surface area contributed by atoms with Gasteiger partial charge in [0, 0.05) is 18.7 Å². The summed E-state index contributed by atoms with van der Waals surface area (Å²) in [5.41, 5.74) is 4.93. The van der Waals surface area contributed by atoms with Gasteiger partial charge >= 0.3 is 0 Å². The first-order valence-corrected chi connectivity index (χ1v) is 6.65. The van der Waals surface area contributed by atoms with Crippen LogP contribution in [0.5, 0.6) is 0 Å². The van der Waals surface area contributed by atoms with Crippen LogP contribution in [0.2, 0.25) is 0 Å². The van der Waals surface area contributed by atoms with E-state index in [0.717, 1.165) is 29.3 Å². The molecule has 4 nitrogen and oxygen atoms in total. The molecule has 19 heavy (non-hydrogen) atoms. The minimum atomic E-state index is -0.162. The Balaban J connectivity index is 2.01. The molecule has 0 spiro atoms. The topological polar surface area (TPSA) is 60.2 Å². The third kappa shape index (κ3) is 2.02. The number of rotatable bonds is 4. The number of pyridine rings is 1. The Morgan fingerprint density at radius 2 is 2.21 bits per heavy atom. The summed E-state index contributed by atoms with van der Waals surface area (Å²) < 4.78 is 5.74. The fraction of sp³-hybridized carbons (Fsp3) is 0.400. The van der Waals surface area contributed by atoms with Crippen LogP contribution in [0.1, 0.15) is 30.9 Å². The molecule has 3 rings (SSSR count). The van der Waals surface area contributed by atoms with Crippen LogP contribution < -0.4 is 11.3 Å². The minimum Gasteiger partial charge on any atom is -0.376 e. The summed E-state index contributed by atoms with van der Waals surface area (Å²) in [6.07, 6.45) is 5.09. The van der Waals surface area contributed by atoms with Crippen molar-refractivity contribution in [2.75, 3.05) is 7.11 Å². The Labute approximate surface area is 112 Å². The molecule has 1 saturated carbocycles. The SMILES string of the molecule is COC1(C(NN)c2ccc3ncccc3c2)CCC1. The van der Waals surface area contributed by atoms with E-state index in [4.69, 9.17) is 10.6 Å².